The molecule has 0 aromatic heterocycles. The molecule has 1 aromatic carbocycles. The van der Waals surface area contributed by atoms with Crippen LogP contribution in [-0.2, 0) is 10.0 Å². The number of hydrogen-bond acceptors (Lipinski definition) is 6. The Morgan fingerprint density at radius 2 is 2.00 bits per heavy atom. The molecule has 0 unspecified atom stereocenters. The lowest BCUT2D eigenvalue weighted by Crippen LogP contribution is -2.28. The number of hydrazone groups is 1. The highest BCUT2D eigenvalue weighted by Gasteiger charge is 2.29. The molecule has 4 N–H and O–H groups in total. The third-order valence-electron chi connectivity index (χ3n) is 3.22. The Morgan fingerprint density at radius 1 is 1.36 bits per heavy atom. The Bertz CT molecular complexity index is 744. The number of nitrogens with two attached hydrogens (primary N) is 1. The molecule has 1 aliphatic rings. The largest absolute Gasteiger partial charge is 0.382 e. The van der Waals surface area contributed by atoms with E-state index in [4.69, 9.17) is 16.4 Å². The number of amidine groups is 1. The molecule has 0 amide bonds. The molecule has 8 nitrogen and oxygen atoms in total. The van der Waals surface area contributed by atoms with Gasteiger partial charge in [0.05, 0.1) is 5.69 Å². The van der Waals surface area contributed by atoms with Crippen molar-refractivity contribution in [2.75, 3.05) is 18.5 Å². The summed E-state index contributed by atoms with van der Waals surface area (Å²) in [5.41, 5.74) is 7.64. The second kappa shape index (κ2) is 6.55. The van der Waals surface area contributed by atoms with Crippen molar-refractivity contribution in [1.29, 1.82) is 10.7 Å². The molecular formula is C13H16N6O2S. The first-order chi connectivity index (χ1) is 10.5. The van der Waals surface area contributed by atoms with E-state index >= 15 is 0 Å². The van der Waals surface area contributed by atoms with Gasteiger partial charge < -0.3 is 5.73 Å². The van der Waals surface area contributed by atoms with Crippen LogP contribution in [0.15, 0.2) is 34.3 Å². The van der Waals surface area contributed by atoms with Crippen molar-refractivity contribution in [2.24, 2.45) is 10.8 Å². The smallest absolute Gasteiger partial charge is 0.245 e. The van der Waals surface area contributed by atoms with Gasteiger partial charge in [0.15, 0.2) is 5.84 Å². The van der Waals surface area contributed by atoms with Gasteiger partial charge >= 0.3 is 0 Å². The number of anilines is 1. The molecule has 0 bridgehead atoms. The Kier molecular flexibility index (Phi) is 4.75. The third kappa shape index (κ3) is 3.24. The second-order valence-corrected chi connectivity index (χ2v) is 6.61. The van der Waals surface area contributed by atoms with E-state index in [1.54, 1.807) is 24.3 Å². The molecule has 1 heterocycles. The zero-order valence-electron chi connectivity index (χ0n) is 11.8. The van der Waals surface area contributed by atoms with E-state index in [-0.39, 0.29) is 16.3 Å². The van der Waals surface area contributed by atoms with Crippen molar-refractivity contribution in [3.8, 4) is 6.07 Å². The van der Waals surface area contributed by atoms with Crippen LogP contribution in [-0.4, -0.2) is 37.4 Å². The molecule has 22 heavy (non-hydrogen) atoms. The van der Waals surface area contributed by atoms with Crippen molar-refractivity contribution >= 4 is 27.3 Å². The topological polar surface area (TPSA) is 135 Å². The summed E-state index contributed by atoms with van der Waals surface area (Å²) in [6, 6.07) is 7.96. The first kappa shape index (κ1) is 15.9. The summed E-state index contributed by atoms with van der Waals surface area (Å²) in [7, 11) is -3.61. The van der Waals surface area contributed by atoms with Crippen molar-refractivity contribution in [3.63, 3.8) is 0 Å². The zero-order valence-corrected chi connectivity index (χ0v) is 12.6. The second-order valence-electron chi connectivity index (χ2n) is 4.71. The van der Waals surface area contributed by atoms with Crippen LogP contribution in [0.25, 0.3) is 0 Å². The molecule has 1 saturated heterocycles. The highest BCUT2D eigenvalue weighted by Crippen LogP contribution is 2.26. The monoisotopic (exact) mass is 320 g/mol. The van der Waals surface area contributed by atoms with Crippen LogP contribution in [0, 0.1) is 16.7 Å². The maximum absolute atomic E-state index is 12.6. The molecule has 0 saturated carbocycles. The molecule has 0 aliphatic carbocycles. The predicted molar refractivity (Wildman–Crippen MR) is 83.0 cm³/mol. The molecule has 2 rings (SSSR count). The molecule has 1 aliphatic heterocycles. The van der Waals surface area contributed by atoms with Gasteiger partial charge in [-0.05, 0) is 25.0 Å². The van der Waals surface area contributed by atoms with Crippen LogP contribution < -0.4 is 11.2 Å². The van der Waals surface area contributed by atoms with Gasteiger partial charge in [0.2, 0.25) is 15.7 Å². The number of hydrogen-bond donors (Lipinski definition) is 3. The van der Waals surface area contributed by atoms with Crippen molar-refractivity contribution in [3.05, 3.63) is 24.3 Å². The summed E-state index contributed by atoms with van der Waals surface area (Å²) in [4.78, 5) is 0.0847. The van der Waals surface area contributed by atoms with Gasteiger partial charge in [-0.25, -0.2) is 8.42 Å². The quantitative estimate of drug-likeness (QED) is 0.417. The van der Waals surface area contributed by atoms with Crippen molar-refractivity contribution < 1.29 is 8.42 Å². The fourth-order valence-electron chi connectivity index (χ4n) is 2.11. The Labute approximate surface area is 128 Å². The molecule has 116 valence electrons. The van der Waals surface area contributed by atoms with Gasteiger partial charge in [-0.3, -0.25) is 10.8 Å². The summed E-state index contributed by atoms with van der Waals surface area (Å²) in [5.74, 6) is -0.491. The third-order valence-corrected chi connectivity index (χ3v) is 5.18. The first-order valence-electron chi connectivity index (χ1n) is 6.64. The number of nitrogens with one attached hydrogen (secondary N) is 2. The van der Waals surface area contributed by atoms with E-state index in [2.05, 4.69) is 10.5 Å². The molecule has 0 spiro atoms. The van der Waals surface area contributed by atoms with Crippen LogP contribution in [0.1, 0.15) is 12.8 Å². The fourth-order valence-corrected chi connectivity index (χ4v) is 3.77. The lowest BCUT2D eigenvalue weighted by Gasteiger charge is -2.17. The van der Waals surface area contributed by atoms with Gasteiger partial charge in [0.25, 0.3) is 0 Å². The van der Waals surface area contributed by atoms with E-state index in [1.165, 1.54) is 10.4 Å². The number of rotatable bonds is 5. The van der Waals surface area contributed by atoms with Gasteiger partial charge in [-0.1, -0.05) is 12.1 Å². The van der Waals surface area contributed by atoms with Crippen LogP contribution in [0.3, 0.4) is 0 Å². The van der Waals surface area contributed by atoms with Gasteiger partial charge in [-0.2, -0.15) is 14.7 Å². The Hall–Kier alpha value is -2.44. The van der Waals surface area contributed by atoms with E-state index in [9.17, 15) is 8.42 Å². The van der Waals surface area contributed by atoms with E-state index in [0.717, 1.165) is 12.8 Å². The van der Waals surface area contributed by atoms with Gasteiger partial charge in [0.1, 0.15) is 11.0 Å². The van der Waals surface area contributed by atoms with Crippen molar-refractivity contribution in [1.82, 2.24) is 4.31 Å². The number of para-hydroxylation sites is 1. The highest BCUT2D eigenvalue weighted by molar-refractivity contribution is 7.89. The minimum atomic E-state index is -3.61. The number of nitrogens with zero attached hydrogens (tertiary/aromatic N) is 3. The molecule has 0 atom stereocenters. The molecule has 9 heteroatoms. The van der Waals surface area contributed by atoms with E-state index < -0.39 is 15.9 Å². The lowest BCUT2D eigenvalue weighted by atomic mass is 10.3. The normalized spacial score (nSPS) is 16.2. The Morgan fingerprint density at radius 3 is 2.59 bits per heavy atom. The summed E-state index contributed by atoms with van der Waals surface area (Å²) in [6.07, 6.45) is 1.69. The summed E-state index contributed by atoms with van der Waals surface area (Å²) in [6.45, 7) is 0.994. The summed E-state index contributed by atoms with van der Waals surface area (Å²) < 4.78 is 26.6. The lowest BCUT2D eigenvalue weighted by molar-refractivity contribution is 0.478. The number of sulfonamides is 1. The molecule has 1 fully saturated rings. The van der Waals surface area contributed by atoms with Crippen LogP contribution >= 0.6 is 0 Å². The average Bonchev–Trinajstić information content (AvgIpc) is 3.03. The summed E-state index contributed by atoms with van der Waals surface area (Å²) in [5, 5.41) is 19.7. The van der Waals surface area contributed by atoms with Crippen LogP contribution in [0.4, 0.5) is 5.69 Å². The average molecular weight is 320 g/mol. The predicted octanol–water partition coefficient (Wildman–Crippen LogP) is 0.699. The number of benzene rings is 1. The highest BCUT2D eigenvalue weighted by atomic mass is 32.2. The molecular weight excluding hydrogens is 304 g/mol. The van der Waals surface area contributed by atoms with E-state index in [1.807, 2.05) is 0 Å². The molecule has 0 radical (unpaired) electrons. The maximum atomic E-state index is 12.6. The Balaban J connectivity index is 2.35. The number of nitriles is 1. The van der Waals surface area contributed by atoms with Crippen LogP contribution in [0.2, 0.25) is 0 Å². The molecule has 1 aromatic rings. The standard InChI is InChI=1S/C13H16N6O2S/c14-9-11(13(15)16)18-17-10-5-1-2-6-12(10)22(20,21)19-7-3-4-8-19/h1-2,5-6,17H,3-4,7-8H2,(H3,15,16)/b18-11+. The maximum Gasteiger partial charge on any atom is 0.245 e. The van der Waals surface area contributed by atoms with Gasteiger partial charge in [-0.15, -0.1) is 0 Å². The van der Waals surface area contributed by atoms with Crippen molar-refractivity contribution in [2.45, 2.75) is 17.7 Å². The van der Waals surface area contributed by atoms with E-state index in [0.29, 0.717) is 13.1 Å². The van der Waals surface area contributed by atoms with Gasteiger partial charge in [0, 0.05) is 13.1 Å². The zero-order chi connectivity index (χ0) is 16.2. The summed E-state index contributed by atoms with van der Waals surface area (Å²) >= 11 is 0. The minimum Gasteiger partial charge on any atom is -0.382 e. The van der Waals surface area contributed by atoms with Crippen LogP contribution in [0.5, 0.6) is 0 Å². The fraction of sp³-hybridized carbons (Fsp3) is 0.308. The first-order valence-corrected chi connectivity index (χ1v) is 8.08. The minimum absolute atomic E-state index is 0.0847. The SMILES string of the molecule is N#C/C(=N\Nc1ccccc1S(=O)(=O)N1CCCC1)C(=N)N.